The maximum atomic E-state index is 4.70. The lowest BCUT2D eigenvalue weighted by atomic mass is 9.97. The summed E-state index contributed by atoms with van der Waals surface area (Å²) in [7, 11) is 6.38. The zero-order valence-corrected chi connectivity index (χ0v) is 13.4. The number of nitrogens with zero attached hydrogens (tertiary/aromatic N) is 3. The van der Waals surface area contributed by atoms with Gasteiger partial charge in [0.1, 0.15) is 0 Å². The number of hydrogen-bond acceptors (Lipinski definition) is 5. The highest BCUT2D eigenvalue weighted by Gasteiger charge is 2.20. The van der Waals surface area contributed by atoms with E-state index in [2.05, 4.69) is 36.1 Å². The van der Waals surface area contributed by atoms with E-state index in [0.717, 1.165) is 19.0 Å². The van der Waals surface area contributed by atoms with Gasteiger partial charge in [0.25, 0.3) is 0 Å². The van der Waals surface area contributed by atoms with Gasteiger partial charge in [-0.15, -0.1) is 11.3 Å². The Kier molecular flexibility index (Phi) is 5.19. The van der Waals surface area contributed by atoms with Crippen LogP contribution in [0.1, 0.15) is 23.4 Å². The van der Waals surface area contributed by atoms with Crippen molar-refractivity contribution in [1.29, 1.82) is 0 Å². The van der Waals surface area contributed by atoms with Crippen LogP contribution >= 0.6 is 11.3 Å². The Hall–Kier alpha value is -0.650. The maximum absolute atomic E-state index is 4.70. The predicted molar refractivity (Wildman–Crippen MR) is 83.1 cm³/mol. The summed E-state index contributed by atoms with van der Waals surface area (Å²) in [5, 5.41) is 4.38. The second-order valence-electron chi connectivity index (χ2n) is 5.66. The first-order chi connectivity index (χ1) is 9.10. The van der Waals surface area contributed by atoms with Crippen LogP contribution in [-0.2, 0) is 6.54 Å². The molecule has 1 aliphatic heterocycles. The third kappa shape index (κ3) is 3.91. The number of piperidine rings is 1. The van der Waals surface area contributed by atoms with Crippen LogP contribution in [0, 0.1) is 12.8 Å². The summed E-state index contributed by atoms with van der Waals surface area (Å²) < 4.78 is 0. The van der Waals surface area contributed by atoms with Crippen molar-refractivity contribution in [2.45, 2.75) is 26.3 Å². The number of aryl methyl sites for hydroxylation is 1. The van der Waals surface area contributed by atoms with Gasteiger partial charge in [0.15, 0.2) is 5.13 Å². The smallest absolute Gasteiger partial charge is 0.185 e. The monoisotopic (exact) mass is 282 g/mol. The average Bonchev–Trinajstić information content (AvgIpc) is 2.75. The van der Waals surface area contributed by atoms with Crippen molar-refractivity contribution in [1.82, 2.24) is 15.2 Å². The molecule has 2 heterocycles. The van der Waals surface area contributed by atoms with Gasteiger partial charge in [0.2, 0.25) is 0 Å². The van der Waals surface area contributed by atoms with Crippen LogP contribution in [0.15, 0.2) is 0 Å². The minimum absolute atomic E-state index is 0.818. The molecule has 1 N–H and O–H groups in total. The van der Waals surface area contributed by atoms with Crippen LogP contribution < -0.4 is 10.2 Å². The molecule has 108 valence electrons. The molecule has 5 heteroatoms. The minimum Gasteiger partial charge on any atom is -0.351 e. The van der Waals surface area contributed by atoms with Crippen molar-refractivity contribution in [2.24, 2.45) is 5.92 Å². The lowest BCUT2D eigenvalue weighted by Crippen LogP contribution is -2.35. The zero-order chi connectivity index (χ0) is 13.8. The van der Waals surface area contributed by atoms with Gasteiger partial charge in [-0.25, -0.2) is 4.98 Å². The lowest BCUT2D eigenvalue weighted by Gasteiger charge is -2.31. The molecule has 0 spiro atoms. The highest BCUT2D eigenvalue weighted by Crippen LogP contribution is 2.27. The molecule has 0 unspecified atom stereocenters. The van der Waals surface area contributed by atoms with E-state index >= 15 is 0 Å². The fourth-order valence-corrected chi connectivity index (χ4v) is 3.65. The summed E-state index contributed by atoms with van der Waals surface area (Å²) >= 11 is 1.82. The van der Waals surface area contributed by atoms with Crippen LogP contribution in [0.25, 0.3) is 0 Å². The summed E-state index contributed by atoms with van der Waals surface area (Å²) in [6, 6.07) is 0. The standard InChI is InChI=1S/C14H26N4S/c1-11-13(9-15-2)19-14(16-11)18(4)10-12-5-7-17(3)8-6-12/h12,15H,5-10H2,1-4H3. The van der Waals surface area contributed by atoms with Gasteiger partial charge in [0, 0.05) is 25.0 Å². The molecule has 1 saturated heterocycles. The van der Waals surface area contributed by atoms with E-state index in [-0.39, 0.29) is 0 Å². The molecule has 1 aromatic rings. The number of rotatable bonds is 5. The molecule has 0 aliphatic carbocycles. The molecular formula is C14H26N4S. The van der Waals surface area contributed by atoms with E-state index < -0.39 is 0 Å². The number of aromatic nitrogens is 1. The highest BCUT2D eigenvalue weighted by molar-refractivity contribution is 7.15. The van der Waals surface area contributed by atoms with E-state index in [4.69, 9.17) is 4.98 Å². The van der Waals surface area contributed by atoms with E-state index in [1.54, 1.807) is 0 Å². The number of anilines is 1. The van der Waals surface area contributed by atoms with Gasteiger partial charge in [-0.1, -0.05) is 0 Å². The molecule has 2 rings (SSSR count). The molecule has 1 fully saturated rings. The first kappa shape index (κ1) is 14.8. The van der Waals surface area contributed by atoms with E-state index in [1.807, 2.05) is 18.4 Å². The summed E-state index contributed by atoms with van der Waals surface area (Å²) in [5.74, 6) is 0.818. The predicted octanol–water partition coefficient (Wildman–Crippen LogP) is 1.95. The third-order valence-corrected chi connectivity index (χ3v) is 5.19. The van der Waals surface area contributed by atoms with Gasteiger partial charge >= 0.3 is 0 Å². The largest absolute Gasteiger partial charge is 0.351 e. The SMILES string of the molecule is CNCc1sc(N(C)CC2CCN(C)CC2)nc1C. The van der Waals surface area contributed by atoms with E-state index in [1.165, 1.54) is 41.6 Å². The normalized spacial score (nSPS) is 17.9. The summed E-state index contributed by atoms with van der Waals surface area (Å²) in [5.41, 5.74) is 1.17. The summed E-state index contributed by atoms with van der Waals surface area (Å²) in [4.78, 5) is 10.8. The van der Waals surface area contributed by atoms with Crippen LogP contribution in [0.5, 0.6) is 0 Å². The Morgan fingerprint density at radius 2 is 2.11 bits per heavy atom. The lowest BCUT2D eigenvalue weighted by molar-refractivity contribution is 0.222. The van der Waals surface area contributed by atoms with Gasteiger partial charge in [-0.05, 0) is 52.9 Å². The quantitative estimate of drug-likeness (QED) is 0.894. The van der Waals surface area contributed by atoms with Crippen molar-refractivity contribution in [3.63, 3.8) is 0 Å². The third-order valence-electron chi connectivity index (χ3n) is 3.92. The molecule has 19 heavy (non-hydrogen) atoms. The van der Waals surface area contributed by atoms with Crippen molar-refractivity contribution >= 4 is 16.5 Å². The first-order valence-corrected chi connectivity index (χ1v) is 7.92. The Balaban J connectivity index is 1.92. The Labute approximate surface area is 120 Å². The van der Waals surface area contributed by atoms with Crippen LogP contribution in [0.2, 0.25) is 0 Å². The highest BCUT2D eigenvalue weighted by atomic mass is 32.1. The molecule has 4 nitrogen and oxygen atoms in total. The van der Waals surface area contributed by atoms with Crippen LogP contribution in [0.4, 0.5) is 5.13 Å². The average molecular weight is 282 g/mol. The molecule has 0 bridgehead atoms. The Morgan fingerprint density at radius 3 is 2.74 bits per heavy atom. The molecule has 0 atom stereocenters. The number of hydrogen-bond donors (Lipinski definition) is 1. The molecule has 1 aliphatic rings. The number of nitrogens with one attached hydrogen (secondary N) is 1. The molecular weight excluding hydrogens is 256 g/mol. The minimum atomic E-state index is 0.818. The first-order valence-electron chi connectivity index (χ1n) is 7.10. The molecule has 0 radical (unpaired) electrons. The summed E-state index contributed by atoms with van der Waals surface area (Å²) in [6.07, 6.45) is 2.63. The summed E-state index contributed by atoms with van der Waals surface area (Å²) in [6.45, 7) is 6.64. The second kappa shape index (κ2) is 6.68. The van der Waals surface area contributed by atoms with Crippen molar-refractivity contribution < 1.29 is 0 Å². The molecule has 0 saturated carbocycles. The fourth-order valence-electron chi connectivity index (χ4n) is 2.61. The van der Waals surface area contributed by atoms with Gasteiger partial charge < -0.3 is 15.1 Å². The fraction of sp³-hybridized carbons (Fsp3) is 0.786. The molecule has 1 aromatic heterocycles. The maximum Gasteiger partial charge on any atom is 0.185 e. The van der Waals surface area contributed by atoms with Crippen LogP contribution in [-0.4, -0.2) is 50.7 Å². The van der Waals surface area contributed by atoms with Gasteiger partial charge in [-0.3, -0.25) is 0 Å². The Bertz CT molecular complexity index is 396. The van der Waals surface area contributed by atoms with Gasteiger partial charge in [-0.2, -0.15) is 0 Å². The zero-order valence-electron chi connectivity index (χ0n) is 12.6. The van der Waals surface area contributed by atoms with Gasteiger partial charge in [0.05, 0.1) is 5.69 Å². The molecule has 0 aromatic carbocycles. The topological polar surface area (TPSA) is 31.4 Å². The number of likely N-dealkylation sites (tertiary alicyclic amines) is 1. The second-order valence-corrected chi connectivity index (χ2v) is 6.72. The molecule has 0 amide bonds. The van der Waals surface area contributed by atoms with Crippen molar-refractivity contribution in [3.8, 4) is 0 Å². The van der Waals surface area contributed by atoms with Crippen molar-refractivity contribution in [3.05, 3.63) is 10.6 Å². The van der Waals surface area contributed by atoms with Crippen molar-refractivity contribution in [2.75, 3.05) is 45.7 Å². The Morgan fingerprint density at radius 1 is 1.42 bits per heavy atom. The number of thiazole rings is 1. The van der Waals surface area contributed by atoms with E-state index in [9.17, 15) is 0 Å². The van der Waals surface area contributed by atoms with E-state index in [0.29, 0.717) is 0 Å². The van der Waals surface area contributed by atoms with Crippen LogP contribution in [0.3, 0.4) is 0 Å².